The molecule has 0 saturated carbocycles. The number of H-pyrrole nitrogens is 2. The van der Waals surface area contributed by atoms with E-state index >= 15 is 0 Å². The van der Waals surface area contributed by atoms with Gasteiger partial charge in [-0.3, -0.25) is 5.10 Å². The molecule has 0 saturated heterocycles. The van der Waals surface area contributed by atoms with E-state index < -0.39 is 0 Å². The van der Waals surface area contributed by atoms with Crippen LogP contribution < -0.4 is 9.47 Å². The maximum Gasteiger partial charge on any atom is 0.172 e. The third kappa shape index (κ3) is 2.48. The van der Waals surface area contributed by atoms with Crippen molar-refractivity contribution in [2.24, 2.45) is 0 Å². The van der Waals surface area contributed by atoms with Crippen molar-refractivity contribution in [2.75, 3.05) is 6.61 Å². The minimum atomic E-state index is 0.363. The van der Waals surface area contributed by atoms with Gasteiger partial charge in [-0.15, -0.1) is 0 Å². The Kier molecular flexibility index (Phi) is 3.16. The van der Waals surface area contributed by atoms with Crippen molar-refractivity contribution in [1.82, 2.24) is 15.2 Å². The minimum Gasteiger partial charge on any atom is -0.489 e. The highest BCUT2D eigenvalue weighted by molar-refractivity contribution is 5.80. The topological polar surface area (TPSA) is 62.9 Å². The maximum atomic E-state index is 5.64. The van der Waals surface area contributed by atoms with Crippen LogP contribution in [-0.2, 0) is 0 Å². The molecule has 0 unspecified atom stereocenters. The molecule has 0 spiro atoms. The lowest BCUT2D eigenvalue weighted by Crippen LogP contribution is -2.03. The van der Waals surface area contributed by atoms with Gasteiger partial charge in [0.05, 0.1) is 11.7 Å². The van der Waals surface area contributed by atoms with Crippen molar-refractivity contribution >= 4 is 21.8 Å². The van der Waals surface area contributed by atoms with Gasteiger partial charge in [-0.1, -0.05) is 0 Å². The van der Waals surface area contributed by atoms with Crippen LogP contribution >= 0.6 is 0 Å². The lowest BCUT2D eigenvalue weighted by atomic mass is 10.2. The number of benzene rings is 2. The number of nitrogens with zero attached hydrogens (tertiary/aromatic N) is 1. The second-order valence-electron chi connectivity index (χ2n) is 4.94. The van der Waals surface area contributed by atoms with E-state index in [1.54, 1.807) is 12.8 Å². The molecule has 0 fully saturated rings. The lowest BCUT2D eigenvalue weighted by molar-refractivity contribution is 0.272. The van der Waals surface area contributed by atoms with Gasteiger partial charge in [0.1, 0.15) is 18.1 Å². The molecule has 2 N–H and O–H groups in total. The summed E-state index contributed by atoms with van der Waals surface area (Å²) in [7, 11) is 0. The van der Waals surface area contributed by atoms with Crippen LogP contribution in [0.3, 0.4) is 0 Å². The number of ether oxygens (including phenoxy) is 2. The van der Waals surface area contributed by atoms with Gasteiger partial charge in [-0.25, -0.2) is 0 Å². The number of rotatable bonds is 5. The van der Waals surface area contributed by atoms with Crippen molar-refractivity contribution in [3.8, 4) is 11.5 Å². The molecule has 4 rings (SSSR count). The molecule has 5 heteroatoms. The SMILES string of the molecule is [CH](COc1ccc2cn[nH]c2c1)Oc1ccc2cc[nH]c2c1. The van der Waals surface area contributed by atoms with Gasteiger partial charge in [0.15, 0.2) is 6.61 Å². The summed E-state index contributed by atoms with van der Waals surface area (Å²) in [4.78, 5) is 3.16. The Balaban J connectivity index is 1.34. The zero-order valence-corrected chi connectivity index (χ0v) is 11.7. The second kappa shape index (κ2) is 5.44. The average Bonchev–Trinajstić information content (AvgIpc) is 3.19. The molecule has 22 heavy (non-hydrogen) atoms. The molecule has 5 nitrogen and oxygen atoms in total. The quantitative estimate of drug-likeness (QED) is 0.552. The molecule has 0 aliphatic rings. The Morgan fingerprint density at radius 2 is 1.82 bits per heavy atom. The summed E-state index contributed by atoms with van der Waals surface area (Å²) in [6.07, 6.45) is 3.69. The molecular formula is C17H14N3O2. The van der Waals surface area contributed by atoms with Crippen LogP contribution in [0.5, 0.6) is 11.5 Å². The minimum absolute atomic E-state index is 0.363. The first-order valence-corrected chi connectivity index (χ1v) is 7.00. The summed E-state index contributed by atoms with van der Waals surface area (Å²) in [6.45, 7) is 2.00. The normalized spacial score (nSPS) is 11.1. The van der Waals surface area contributed by atoms with Crippen LogP contribution in [0.4, 0.5) is 0 Å². The van der Waals surface area contributed by atoms with E-state index in [0.29, 0.717) is 6.61 Å². The van der Waals surface area contributed by atoms with Crippen molar-refractivity contribution in [1.29, 1.82) is 0 Å². The van der Waals surface area contributed by atoms with Crippen molar-refractivity contribution in [2.45, 2.75) is 0 Å². The second-order valence-corrected chi connectivity index (χ2v) is 4.94. The van der Waals surface area contributed by atoms with E-state index in [4.69, 9.17) is 9.47 Å². The molecule has 2 heterocycles. The molecule has 1 radical (unpaired) electrons. The third-order valence-corrected chi connectivity index (χ3v) is 3.48. The van der Waals surface area contributed by atoms with Crippen LogP contribution in [0.2, 0.25) is 0 Å². The monoisotopic (exact) mass is 292 g/mol. The zero-order valence-electron chi connectivity index (χ0n) is 11.7. The molecule has 109 valence electrons. The fraction of sp³-hybridized carbons (Fsp3) is 0.0588. The first-order valence-electron chi connectivity index (χ1n) is 7.00. The van der Waals surface area contributed by atoms with Gasteiger partial charge in [-0.05, 0) is 35.7 Å². The summed E-state index contributed by atoms with van der Waals surface area (Å²) < 4.78 is 11.2. The van der Waals surface area contributed by atoms with Gasteiger partial charge in [0.25, 0.3) is 0 Å². The van der Waals surface area contributed by atoms with Gasteiger partial charge < -0.3 is 14.5 Å². The van der Waals surface area contributed by atoms with E-state index in [9.17, 15) is 0 Å². The molecular weight excluding hydrogens is 278 g/mol. The van der Waals surface area contributed by atoms with Crippen LogP contribution in [0.25, 0.3) is 21.8 Å². The number of aromatic amines is 2. The average molecular weight is 292 g/mol. The lowest BCUT2D eigenvalue weighted by Gasteiger charge is -2.07. The molecule has 0 aliphatic heterocycles. The molecule has 4 aromatic rings. The van der Waals surface area contributed by atoms with Crippen molar-refractivity contribution in [3.63, 3.8) is 0 Å². The number of hydrogen-bond acceptors (Lipinski definition) is 3. The zero-order chi connectivity index (χ0) is 14.8. The summed E-state index contributed by atoms with van der Waals surface area (Å²) in [5.41, 5.74) is 2.01. The first-order chi connectivity index (χ1) is 10.9. The van der Waals surface area contributed by atoms with Gasteiger partial charge >= 0.3 is 0 Å². The van der Waals surface area contributed by atoms with Gasteiger partial charge in [0, 0.05) is 29.2 Å². The largest absolute Gasteiger partial charge is 0.489 e. The predicted octanol–water partition coefficient (Wildman–Crippen LogP) is 3.66. The van der Waals surface area contributed by atoms with E-state index in [0.717, 1.165) is 33.3 Å². The van der Waals surface area contributed by atoms with Crippen LogP contribution in [-0.4, -0.2) is 21.8 Å². The molecule has 0 atom stereocenters. The first kappa shape index (κ1) is 12.8. The number of aromatic nitrogens is 3. The summed E-state index contributed by atoms with van der Waals surface area (Å²) in [6, 6.07) is 13.7. The Morgan fingerprint density at radius 3 is 2.82 bits per heavy atom. The highest BCUT2D eigenvalue weighted by Gasteiger charge is 2.01. The Bertz CT molecular complexity index is 834. The van der Waals surface area contributed by atoms with E-state index in [2.05, 4.69) is 15.2 Å². The number of hydrogen-bond donors (Lipinski definition) is 2. The smallest absolute Gasteiger partial charge is 0.172 e. The summed E-state index contributed by atoms with van der Waals surface area (Å²) in [5, 5.41) is 9.12. The molecule has 0 bridgehead atoms. The summed E-state index contributed by atoms with van der Waals surface area (Å²) >= 11 is 0. The molecule has 0 aliphatic carbocycles. The number of nitrogens with one attached hydrogen (secondary N) is 2. The van der Waals surface area contributed by atoms with Crippen LogP contribution in [0, 0.1) is 6.61 Å². The van der Waals surface area contributed by atoms with Gasteiger partial charge in [-0.2, -0.15) is 5.10 Å². The number of fused-ring (bicyclic) bond motifs is 2. The third-order valence-electron chi connectivity index (χ3n) is 3.48. The molecule has 0 amide bonds. The van der Waals surface area contributed by atoms with E-state index in [1.165, 1.54) is 0 Å². The Labute approximate surface area is 126 Å². The van der Waals surface area contributed by atoms with Crippen molar-refractivity contribution in [3.05, 3.63) is 61.5 Å². The van der Waals surface area contributed by atoms with Crippen molar-refractivity contribution < 1.29 is 9.47 Å². The maximum absolute atomic E-state index is 5.64. The summed E-state index contributed by atoms with van der Waals surface area (Å²) in [5.74, 6) is 1.55. The molecule has 2 aromatic heterocycles. The van der Waals surface area contributed by atoms with Gasteiger partial charge in [0.2, 0.25) is 0 Å². The Morgan fingerprint density at radius 1 is 0.955 bits per heavy atom. The van der Waals surface area contributed by atoms with E-state index in [-0.39, 0.29) is 0 Å². The van der Waals surface area contributed by atoms with Crippen LogP contribution in [0.15, 0.2) is 54.9 Å². The fourth-order valence-corrected chi connectivity index (χ4v) is 2.37. The van der Waals surface area contributed by atoms with Crippen LogP contribution in [0.1, 0.15) is 0 Å². The predicted molar refractivity (Wildman–Crippen MR) is 84.8 cm³/mol. The van der Waals surface area contributed by atoms with E-state index in [1.807, 2.05) is 48.7 Å². The Hall–Kier alpha value is -2.95. The standard InChI is InChI=1S/C17H14N3O2/c1-3-14(9-16-12(1)5-6-18-16)21-7-8-22-15-4-2-13-11-19-20-17(13)10-15/h1-7,9-11,18H,8H2,(H,19,20). The molecule has 2 aromatic carbocycles. The highest BCUT2D eigenvalue weighted by Crippen LogP contribution is 2.21. The highest BCUT2D eigenvalue weighted by atomic mass is 16.5. The fourth-order valence-electron chi connectivity index (χ4n) is 2.37.